The van der Waals surface area contributed by atoms with Crippen LogP contribution < -0.4 is 11.2 Å². The maximum absolute atomic E-state index is 15.1. The second-order valence-electron chi connectivity index (χ2n) is 8.01. The SMILES string of the molecule is Cc1cn([C@@H]2O[C@H](CO)[C@@H](O[Si](C)(C)C(C)(C)C)[C@H]2F)c(=O)[nH]c1=O. The topological polar surface area (TPSA) is 93.6 Å². The Bertz CT molecular complexity index is 739. The molecule has 1 aliphatic heterocycles. The van der Waals surface area contributed by atoms with Gasteiger partial charge in [0.15, 0.2) is 20.7 Å². The third-order valence-corrected chi connectivity index (χ3v) is 9.58. The van der Waals surface area contributed by atoms with Crippen molar-refractivity contribution in [2.75, 3.05) is 6.61 Å². The first-order valence-corrected chi connectivity index (χ1v) is 11.2. The molecule has 1 aromatic heterocycles. The summed E-state index contributed by atoms with van der Waals surface area (Å²) in [6.45, 7) is 11.2. The molecule has 7 nitrogen and oxygen atoms in total. The molecule has 0 saturated carbocycles. The zero-order valence-electron chi connectivity index (χ0n) is 15.5. The fourth-order valence-corrected chi connectivity index (χ4v) is 3.81. The van der Waals surface area contributed by atoms with E-state index in [0.717, 1.165) is 4.57 Å². The summed E-state index contributed by atoms with van der Waals surface area (Å²) in [5.41, 5.74) is -1.01. The Balaban J connectivity index is 2.36. The monoisotopic (exact) mass is 374 g/mol. The van der Waals surface area contributed by atoms with Gasteiger partial charge in [-0.25, -0.2) is 9.18 Å². The summed E-state index contributed by atoms with van der Waals surface area (Å²) in [4.78, 5) is 25.7. The van der Waals surface area contributed by atoms with Gasteiger partial charge in [0.05, 0.1) is 6.61 Å². The molecular formula is C16H27FN2O5Si. The van der Waals surface area contributed by atoms with Gasteiger partial charge in [-0.05, 0) is 25.1 Å². The van der Waals surface area contributed by atoms with Crippen LogP contribution in [-0.2, 0) is 9.16 Å². The van der Waals surface area contributed by atoms with Gasteiger partial charge in [0, 0.05) is 11.8 Å². The lowest BCUT2D eigenvalue weighted by Gasteiger charge is -2.39. The van der Waals surface area contributed by atoms with E-state index in [4.69, 9.17) is 9.16 Å². The summed E-state index contributed by atoms with van der Waals surface area (Å²) >= 11 is 0. The van der Waals surface area contributed by atoms with Crippen LogP contribution in [0.25, 0.3) is 0 Å². The Labute approximate surface area is 146 Å². The van der Waals surface area contributed by atoms with E-state index in [9.17, 15) is 14.7 Å². The van der Waals surface area contributed by atoms with Crippen molar-refractivity contribution in [1.82, 2.24) is 9.55 Å². The molecule has 0 unspecified atom stereocenters. The Kier molecular flexibility index (Phi) is 5.44. The maximum atomic E-state index is 15.1. The van der Waals surface area contributed by atoms with Crippen LogP contribution in [0.4, 0.5) is 4.39 Å². The molecule has 2 rings (SSSR count). The summed E-state index contributed by atoms with van der Waals surface area (Å²) in [5.74, 6) is 0. The van der Waals surface area contributed by atoms with Crippen LogP contribution >= 0.6 is 0 Å². The minimum absolute atomic E-state index is 0.143. The molecular weight excluding hydrogens is 347 g/mol. The highest BCUT2D eigenvalue weighted by atomic mass is 28.4. The van der Waals surface area contributed by atoms with Crippen molar-refractivity contribution in [1.29, 1.82) is 0 Å². The quantitative estimate of drug-likeness (QED) is 0.779. The molecule has 25 heavy (non-hydrogen) atoms. The fraction of sp³-hybridized carbons (Fsp3) is 0.750. The van der Waals surface area contributed by atoms with E-state index in [1.54, 1.807) is 0 Å². The molecule has 0 bridgehead atoms. The van der Waals surface area contributed by atoms with Crippen molar-refractivity contribution >= 4 is 8.32 Å². The third kappa shape index (κ3) is 3.79. The van der Waals surface area contributed by atoms with Gasteiger partial charge in [-0.15, -0.1) is 0 Å². The largest absolute Gasteiger partial charge is 0.408 e. The van der Waals surface area contributed by atoms with E-state index in [2.05, 4.69) is 4.98 Å². The van der Waals surface area contributed by atoms with Crippen LogP contribution in [0.1, 0.15) is 32.6 Å². The van der Waals surface area contributed by atoms with Crippen LogP contribution in [0.15, 0.2) is 15.8 Å². The number of nitrogens with zero attached hydrogens (tertiary/aromatic N) is 1. The van der Waals surface area contributed by atoms with Gasteiger partial charge < -0.3 is 14.3 Å². The van der Waals surface area contributed by atoms with Crippen molar-refractivity contribution in [2.24, 2.45) is 0 Å². The summed E-state index contributed by atoms with van der Waals surface area (Å²) in [7, 11) is -2.31. The number of H-pyrrole nitrogens is 1. The van der Waals surface area contributed by atoms with Crippen LogP contribution in [0, 0.1) is 6.92 Å². The summed E-state index contributed by atoms with van der Waals surface area (Å²) < 4.78 is 27.8. The second-order valence-corrected chi connectivity index (χ2v) is 12.8. The lowest BCUT2D eigenvalue weighted by Crippen LogP contribution is -2.49. The number of nitrogens with one attached hydrogen (secondary N) is 1. The Hall–Kier alpha value is -1.29. The molecule has 142 valence electrons. The molecule has 0 aromatic carbocycles. The van der Waals surface area contributed by atoms with E-state index >= 15 is 4.39 Å². The van der Waals surface area contributed by atoms with Gasteiger partial charge in [-0.2, -0.15) is 0 Å². The third-order valence-electron chi connectivity index (χ3n) is 5.10. The van der Waals surface area contributed by atoms with Gasteiger partial charge >= 0.3 is 5.69 Å². The number of hydrogen-bond donors (Lipinski definition) is 2. The number of hydrogen-bond acceptors (Lipinski definition) is 5. The van der Waals surface area contributed by atoms with E-state index in [1.165, 1.54) is 13.1 Å². The molecule has 2 N–H and O–H groups in total. The Morgan fingerprint density at radius 3 is 2.52 bits per heavy atom. The van der Waals surface area contributed by atoms with Crippen molar-refractivity contribution in [3.63, 3.8) is 0 Å². The highest BCUT2D eigenvalue weighted by Gasteiger charge is 2.51. The smallest absolute Gasteiger partial charge is 0.330 e. The molecule has 1 fully saturated rings. The van der Waals surface area contributed by atoms with Crippen LogP contribution in [-0.4, -0.2) is 48.0 Å². The first-order valence-electron chi connectivity index (χ1n) is 8.29. The Morgan fingerprint density at radius 1 is 1.40 bits per heavy atom. The predicted molar refractivity (Wildman–Crippen MR) is 94.0 cm³/mol. The highest BCUT2D eigenvalue weighted by molar-refractivity contribution is 6.74. The molecule has 1 aliphatic rings. The van der Waals surface area contributed by atoms with E-state index in [1.807, 2.05) is 33.9 Å². The van der Waals surface area contributed by atoms with Crippen LogP contribution in [0.3, 0.4) is 0 Å². The molecule has 2 heterocycles. The average Bonchev–Trinajstić information content (AvgIpc) is 2.78. The normalized spacial score (nSPS) is 27.7. The van der Waals surface area contributed by atoms with Gasteiger partial charge in [0.1, 0.15) is 12.2 Å². The van der Waals surface area contributed by atoms with E-state index < -0.39 is 50.8 Å². The van der Waals surface area contributed by atoms with Crippen molar-refractivity contribution in [3.05, 3.63) is 32.6 Å². The molecule has 0 spiro atoms. The number of rotatable bonds is 4. The molecule has 1 saturated heterocycles. The van der Waals surface area contributed by atoms with Gasteiger partial charge in [-0.3, -0.25) is 14.3 Å². The van der Waals surface area contributed by atoms with Crippen molar-refractivity contribution in [2.45, 2.75) is 70.4 Å². The molecule has 1 aromatic rings. The van der Waals surface area contributed by atoms with Gasteiger partial charge in [0.2, 0.25) is 0 Å². The van der Waals surface area contributed by atoms with E-state index in [0.29, 0.717) is 0 Å². The zero-order chi connectivity index (χ0) is 19.2. The minimum atomic E-state index is -2.31. The fourth-order valence-electron chi connectivity index (χ4n) is 2.50. The number of alkyl halides is 1. The van der Waals surface area contributed by atoms with E-state index in [-0.39, 0.29) is 10.6 Å². The number of aliphatic hydroxyl groups excluding tert-OH is 1. The number of aryl methyl sites for hydroxylation is 1. The summed E-state index contributed by atoms with van der Waals surface area (Å²) in [6, 6.07) is 0. The molecule has 9 heteroatoms. The van der Waals surface area contributed by atoms with Crippen molar-refractivity contribution in [3.8, 4) is 0 Å². The maximum Gasteiger partial charge on any atom is 0.330 e. The summed E-state index contributed by atoms with van der Waals surface area (Å²) in [6.07, 6.45) is -3.49. The zero-order valence-corrected chi connectivity index (χ0v) is 16.5. The standard InChI is InChI=1S/C16H27FN2O5Si/c1-9-7-19(15(22)18-13(9)21)14-11(17)12(10(8-20)23-14)24-25(5,6)16(2,3)4/h7,10-12,14,20H,8H2,1-6H3,(H,18,21,22)/t10-,11-,12-,14-/m1/s1. The molecule has 0 aliphatic carbocycles. The van der Waals surface area contributed by atoms with Gasteiger partial charge in [0.25, 0.3) is 5.56 Å². The molecule has 0 amide bonds. The molecule has 0 radical (unpaired) electrons. The number of aromatic nitrogens is 2. The minimum Gasteiger partial charge on any atom is -0.408 e. The first kappa shape index (κ1) is 20.0. The van der Waals surface area contributed by atoms with Gasteiger partial charge in [-0.1, -0.05) is 20.8 Å². The van der Waals surface area contributed by atoms with Crippen LogP contribution in [0.5, 0.6) is 0 Å². The lowest BCUT2D eigenvalue weighted by atomic mass is 10.1. The van der Waals surface area contributed by atoms with Crippen molar-refractivity contribution < 1.29 is 18.7 Å². The number of ether oxygens (including phenoxy) is 1. The number of aliphatic hydroxyl groups is 1. The average molecular weight is 374 g/mol. The van der Waals surface area contributed by atoms with Crippen LogP contribution in [0.2, 0.25) is 18.1 Å². The first-order chi connectivity index (χ1) is 11.4. The predicted octanol–water partition coefficient (Wildman–Crippen LogP) is 1.46. The highest BCUT2D eigenvalue weighted by Crippen LogP contribution is 2.41. The number of aromatic amines is 1. The summed E-state index contributed by atoms with van der Waals surface area (Å²) in [5, 5.41) is 9.44. The molecule has 4 atom stereocenters. The second kappa shape index (κ2) is 6.79. The number of halogens is 1. The Morgan fingerprint density at radius 2 is 2.00 bits per heavy atom. The lowest BCUT2D eigenvalue weighted by molar-refractivity contribution is -0.0479.